The lowest BCUT2D eigenvalue weighted by molar-refractivity contribution is -0.870. The lowest BCUT2D eigenvalue weighted by Crippen LogP contribution is -2.41. The number of phosphoric acid groups is 2. The lowest BCUT2D eigenvalue weighted by Gasteiger charge is -2.28. The quantitative estimate of drug-likeness (QED) is 0.0234. The van der Waals surface area contributed by atoms with E-state index in [0.29, 0.717) is 29.2 Å². The molecular formula is C40H96F10N2O13P2+2. The minimum Gasteiger partial charge on any atom is -0.463 e. The number of likely N-dealkylation sites (N-methyl/N-ethyl adjacent to an activating group) is 2. The van der Waals surface area contributed by atoms with Crippen molar-refractivity contribution in [3.8, 4) is 0 Å². The number of carbonyl (C=O) groups is 2. The number of phosphoric ester groups is 2. The Morgan fingerprint density at radius 1 is 0.672 bits per heavy atom. The van der Waals surface area contributed by atoms with Gasteiger partial charge in [-0.2, -0.15) is 13.2 Å². The van der Waals surface area contributed by atoms with E-state index >= 15 is 0 Å². The molecule has 0 fully saturated rings. The van der Waals surface area contributed by atoms with Gasteiger partial charge in [0.15, 0.2) is 6.67 Å². The zero-order chi connectivity index (χ0) is 50.0. The summed E-state index contributed by atoms with van der Waals surface area (Å²) < 4.78 is 168. The van der Waals surface area contributed by atoms with E-state index in [2.05, 4.69) is 11.1 Å². The van der Waals surface area contributed by atoms with Crippen molar-refractivity contribution < 1.29 is 115 Å². The van der Waals surface area contributed by atoms with Crippen LogP contribution in [0.4, 0.5) is 43.9 Å². The minimum atomic E-state index is -4.62. The van der Waals surface area contributed by atoms with Gasteiger partial charge in [0.2, 0.25) is 6.93 Å². The van der Waals surface area contributed by atoms with E-state index in [1.165, 1.54) is 27.7 Å². The number of rotatable bonds is 24. The Kier molecular flexibility index (Phi) is 69.5. The molecule has 0 aliphatic carbocycles. The summed E-state index contributed by atoms with van der Waals surface area (Å²) in [6.45, 7) is 7.09. The molecule has 0 saturated heterocycles. The second-order valence-corrected chi connectivity index (χ2v) is 17.1. The molecule has 0 aliphatic rings. The molecule has 2 N–H and O–H groups in total. The van der Waals surface area contributed by atoms with Crippen molar-refractivity contribution in [2.24, 2.45) is 5.41 Å². The summed E-state index contributed by atoms with van der Waals surface area (Å²) in [4.78, 5) is 42.0. The first-order valence-electron chi connectivity index (χ1n) is 18.1. The van der Waals surface area contributed by atoms with E-state index in [9.17, 15) is 72.4 Å². The molecule has 0 radical (unpaired) electrons. The highest BCUT2D eigenvalue weighted by molar-refractivity contribution is 7.47. The van der Waals surface area contributed by atoms with E-state index < -0.39 is 91.1 Å². The van der Waals surface area contributed by atoms with Crippen molar-refractivity contribution in [3.63, 3.8) is 0 Å². The van der Waals surface area contributed by atoms with Gasteiger partial charge in [-0.05, 0) is 20.8 Å². The van der Waals surface area contributed by atoms with Gasteiger partial charge in [0.25, 0.3) is 5.92 Å². The van der Waals surface area contributed by atoms with Crippen molar-refractivity contribution in [1.29, 1.82) is 0 Å². The molecule has 0 heterocycles. The molecule has 0 aromatic rings. The fraction of sp³-hybridized carbons (Fsp3) is 0.900. The molecule has 3 unspecified atom stereocenters. The van der Waals surface area contributed by atoms with Gasteiger partial charge in [0, 0.05) is 13.4 Å². The summed E-state index contributed by atoms with van der Waals surface area (Å²) in [6, 6.07) is 0. The number of esters is 2. The molecule has 422 valence electrons. The fourth-order valence-electron chi connectivity index (χ4n) is 2.70. The lowest BCUT2D eigenvalue weighted by atomic mass is 9.95. The first kappa shape index (κ1) is 94.8. The summed E-state index contributed by atoms with van der Waals surface area (Å²) in [7, 11) is 3.59. The molecule has 0 aromatic carbocycles. The molecule has 0 rings (SSSR count). The van der Waals surface area contributed by atoms with E-state index in [0.717, 1.165) is 0 Å². The van der Waals surface area contributed by atoms with Crippen LogP contribution in [0.5, 0.6) is 0 Å². The van der Waals surface area contributed by atoms with E-state index in [4.69, 9.17) is 27.8 Å². The molecule has 0 aromatic heterocycles. The molecule has 0 spiro atoms. The average molecular weight is 1070 g/mol. The van der Waals surface area contributed by atoms with Gasteiger partial charge in [-0.1, -0.05) is 71.9 Å². The standard InChI is InChI=1S/C17H33F3NO7P.C11H22NO6P.C2H2F4.C2H6.CH2F2.CH3F.6CH4.H2/c1-7-17(19,20)14(12-18)26-13-16(2,3)15(22)25-10-11-28-29(23,24)27-9-8-21(4,5)6;1-10(2)11(13)16-8-9-18-19(14,15)17-7-6-12(3,4)5;3-1-2(4,5)6;1-2;2-1-3;1-2;;;;;;;/h14H,7-13H2,1-6H3;1,6-9H2,2-5H3;1H2;1-2H3;1H2;1H3;6*1H4;1H/p+2/i;;;;;;;;;;;;1+1. The maximum atomic E-state index is 13.5. The smallest absolute Gasteiger partial charge is 0.463 e. The predicted molar refractivity (Wildman–Crippen MR) is 251 cm³/mol. The van der Waals surface area contributed by atoms with Crippen molar-refractivity contribution in [1.82, 2.24) is 0 Å². The molecule has 0 aliphatic heterocycles. The van der Waals surface area contributed by atoms with Crippen molar-refractivity contribution in [3.05, 3.63) is 12.2 Å². The Balaban J connectivity index is -0.0000000614. The van der Waals surface area contributed by atoms with Crippen molar-refractivity contribution in [2.45, 2.75) is 111 Å². The van der Waals surface area contributed by atoms with Crippen LogP contribution in [0.3, 0.4) is 0 Å². The van der Waals surface area contributed by atoms with Crippen LogP contribution in [-0.2, 0) is 51.0 Å². The molecule has 0 saturated carbocycles. The Morgan fingerprint density at radius 2 is 0.970 bits per heavy atom. The van der Waals surface area contributed by atoms with Gasteiger partial charge in [-0.15, -0.1) is 0 Å². The van der Waals surface area contributed by atoms with E-state index in [-0.39, 0.29) is 84.6 Å². The van der Waals surface area contributed by atoms with E-state index in [1.807, 2.05) is 56.1 Å². The largest absolute Gasteiger partial charge is 0.472 e. The average Bonchev–Trinajstić information content (AvgIpc) is 3.12. The van der Waals surface area contributed by atoms with Gasteiger partial charge in [-0.25, -0.2) is 40.3 Å². The van der Waals surface area contributed by atoms with Crippen LogP contribution in [0.15, 0.2) is 12.2 Å². The summed E-state index contributed by atoms with van der Waals surface area (Å²) >= 11 is 0. The molecule has 0 bridgehead atoms. The monoisotopic (exact) mass is 1070 g/mol. The third kappa shape index (κ3) is 68.4. The zero-order valence-electron chi connectivity index (χ0n) is 37.4. The van der Waals surface area contributed by atoms with Gasteiger partial charge < -0.3 is 33.0 Å². The first-order chi connectivity index (χ1) is 27.6. The molecule has 27 heteroatoms. The van der Waals surface area contributed by atoms with Gasteiger partial charge in [0.1, 0.15) is 52.3 Å². The van der Waals surface area contributed by atoms with Crippen LogP contribution in [-0.4, -0.2) is 178 Å². The van der Waals surface area contributed by atoms with Gasteiger partial charge in [-0.3, -0.25) is 27.3 Å². The van der Waals surface area contributed by atoms with Crippen LogP contribution in [0.25, 0.3) is 0 Å². The van der Waals surface area contributed by atoms with Crippen LogP contribution in [0, 0.1) is 5.41 Å². The number of halogens is 10. The molecule has 67 heavy (non-hydrogen) atoms. The predicted octanol–water partition coefficient (Wildman–Crippen LogP) is 11.8. The van der Waals surface area contributed by atoms with Gasteiger partial charge in [0.05, 0.1) is 74.7 Å². The number of alkyl halides is 10. The highest BCUT2D eigenvalue weighted by Crippen LogP contribution is 2.43. The summed E-state index contributed by atoms with van der Waals surface area (Å²) in [5.74, 6) is -4.73. The van der Waals surface area contributed by atoms with Crippen molar-refractivity contribution in [2.75, 3.05) is 129 Å². The number of nitrogens with zero attached hydrogens (tertiary/aromatic N) is 2. The second-order valence-electron chi connectivity index (χ2n) is 14.2. The van der Waals surface area contributed by atoms with Crippen molar-refractivity contribution >= 4 is 27.6 Å². The minimum absolute atomic E-state index is 0. The van der Waals surface area contributed by atoms with Crippen LogP contribution >= 0.6 is 15.6 Å². The summed E-state index contributed by atoms with van der Waals surface area (Å²) in [5.41, 5.74) is -1.08. The topological polar surface area (TPSA) is 173 Å². The highest BCUT2D eigenvalue weighted by Gasteiger charge is 2.41. The normalized spacial score (nSPS) is 12.8. The second kappa shape index (κ2) is 49.1. The Bertz CT molecular complexity index is 1240. The maximum Gasteiger partial charge on any atom is 0.472 e. The maximum absolute atomic E-state index is 13.5. The number of hydrogen-bond acceptors (Lipinski definition) is 11. The third-order valence-electron chi connectivity index (χ3n) is 5.96. The molecular weight excluding hydrogens is 968 g/mol. The Labute approximate surface area is 399 Å². The fourth-order valence-corrected chi connectivity index (χ4v) is 4.09. The third-order valence-corrected chi connectivity index (χ3v) is 7.99. The molecule has 15 nitrogen and oxygen atoms in total. The SMILES string of the molecule is C.C.C.C.C.C.C=C(C)C(=O)OCCOP(=O)(O)OCC[N+](C)(C)C.CC.CCC(F)(F)C(CF)OCC(C)(C)C(=O)OCCOP(=O)(O)OCC[N+](C)(C)C.CF.FCC(F)(F)F.FCF.[2HH]. The van der Waals surface area contributed by atoms with E-state index in [1.54, 1.807) is 0 Å². The zero-order valence-corrected chi connectivity index (χ0v) is 39.2. The Morgan fingerprint density at radius 3 is 1.22 bits per heavy atom. The summed E-state index contributed by atoms with van der Waals surface area (Å²) in [6.07, 6.45) is -7.17. The van der Waals surface area contributed by atoms with Crippen LogP contribution in [0.1, 0.15) is 93.9 Å². The molecule has 0 amide bonds. The molecule has 3 atom stereocenters. The first-order valence-corrected chi connectivity index (χ1v) is 21.1. The summed E-state index contributed by atoms with van der Waals surface area (Å²) in [5, 5.41) is 0. The van der Waals surface area contributed by atoms with Crippen LogP contribution in [0.2, 0.25) is 0 Å². The number of ether oxygens (including phenoxy) is 3. The van der Waals surface area contributed by atoms with Crippen LogP contribution < -0.4 is 0 Å². The van der Waals surface area contributed by atoms with Gasteiger partial charge >= 0.3 is 33.8 Å². The number of hydrogen-bond donors (Lipinski definition) is 2. The highest BCUT2D eigenvalue weighted by atomic mass is 31.2. The number of carbonyl (C=O) groups excluding carboxylic acids is 2. The Hall–Kier alpha value is -1.92. The number of quaternary nitrogens is 2.